The largest absolute Gasteiger partial charge is 0.493 e. The molecule has 132 valence electrons. The van der Waals surface area contributed by atoms with Crippen LogP contribution in [0.5, 0.6) is 11.5 Å². The number of nitrogens with one attached hydrogen (secondary N) is 1. The van der Waals surface area contributed by atoms with Crippen LogP contribution in [-0.4, -0.2) is 49.1 Å². The van der Waals surface area contributed by atoms with Crippen molar-refractivity contribution >= 4 is 5.91 Å². The summed E-state index contributed by atoms with van der Waals surface area (Å²) in [7, 11) is 1.60. The van der Waals surface area contributed by atoms with E-state index in [1.54, 1.807) is 13.3 Å². The van der Waals surface area contributed by atoms with Gasteiger partial charge in [-0.15, -0.1) is 0 Å². The van der Waals surface area contributed by atoms with Crippen molar-refractivity contribution < 1.29 is 14.3 Å². The Morgan fingerprint density at radius 1 is 1.36 bits per heavy atom. The average Bonchev–Trinajstić information content (AvgIpc) is 2.67. The van der Waals surface area contributed by atoms with Crippen molar-refractivity contribution in [3.8, 4) is 11.5 Å². The molecule has 0 saturated carbocycles. The zero-order valence-electron chi connectivity index (χ0n) is 14.6. The van der Waals surface area contributed by atoms with Gasteiger partial charge in [0.1, 0.15) is 0 Å². The molecule has 1 amide bonds. The number of rotatable bonds is 5. The van der Waals surface area contributed by atoms with Gasteiger partial charge in [0.15, 0.2) is 18.1 Å². The lowest BCUT2D eigenvalue weighted by Gasteiger charge is -2.36. The van der Waals surface area contributed by atoms with Crippen molar-refractivity contribution in [3.63, 3.8) is 0 Å². The molecule has 1 aromatic carbocycles. The molecule has 6 nitrogen and oxygen atoms in total. The van der Waals surface area contributed by atoms with Crippen LogP contribution in [0.25, 0.3) is 0 Å². The van der Waals surface area contributed by atoms with Crippen molar-refractivity contribution in [1.29, 1.82) is 0 Å². The van der Waals surface area contributed by atoms with Gasteiger partial charge in [-0.25, -0.2) is 0 Å². The quantitative estimate of drug-likeness (QED) is 0.901. The SMILES string of the molecule is COc1cc(C)ccc1OCC(=O)N1CCNCC1c1cccnc1. The minimum absolute atomic E-state index is 0.0177. The Bertz CT molecular complexity index is 721. The molecule has 1 aromatic heterocycles. The normalized spacial score (nSPS) is 17.2. The minimum Gasteiger partial charge on any atom is -0.493 e. The fourth-order valence-corrected chi connectivity index (χ4v) is 2.99. The number of carbonyl (C=O) groups is 1. The molecule has 2 aromatic rings. The summed E-state index contributed by atoms with van der Waals surface area (Å²) >= 11 is 0. The molecule has 0 radical (unpaired) electrons. The topological polar surface area (TPSA) is 63.7 Å². The molecule has 1 saturated heterocycles. The number of ether oxygens (including phenoxy) is 2. The molecule has 1 unspecified atom stereocenters. The van der Waals surface area contributed by atoms with Crippen LogP contribution in [0.1, 0.15) is 17.2 Å². The summed E-state index contributed by atoms with van der Waals surface area (Å²) < 4.78 is 11.1. The number of hydrogen-bond acceptors (Lipinski definition) is 5. The Labute approximate surface area is 147 Å². The first kappa shape index (κ1) is 17.2. The number of carbonyl (C=O) groups excluding carboxylic acids is 1. The van der Waals surface area contributed by atoms with Crippen LogP contribution >= 0.6 is 0 Å². The first-order chi connectivity index (χ1) is 12.2. The highest BCUT2D eigenvalue weighted by Gasteiger charge is 2.28. The fourth-order valence-electron chi connectivity index (χ4n) is 2.99. The number of pyridine rings is 1. The molecule has 3 rings (SSSR count). The minimum atomic E-state index is -0.0435. The molecular weight excluding hydrogens is 318 g/mol. The lowest BCUT2D eigenvalue weighted by Crippen LogP contribution is -2.50. The number of hydrogen-bond donors (Lipinski definition) is 1. The highest BCUT2D eigenvalue weighted by molar-refractivity contribution is 5.78. The Kier molecular flexibility index (Phi) is 5.50. The van der Waals surface area contributed by atoms with Gasteiger partial charge in [-0.3, -0.25) is 9.78 Å². The van der Waals surface area contributed by atoms with Crippen molar-refractivity contribution in [2.75, 3.05) is 33.4 Å². The van der Waals surface area contributed by atoms with E-state index in [2.05, 4.69) is 10.3 Å². The van der Waals surface area contributed by atoms with Gasteiger partial charge in [0.25, 0.3) is 5.91 Å². The van der Waals surface area contributed by atoms with Gasteiger partial charge >= 0.3 is 0 Å². The predicted molar refractivity (Wildman–Crippen MR) is 94.8 cm³/mol. The van der Waals surface area contributed by atoms with Crippen molar-refractivity contribution in [1.82, 2.24) is 15.2 Å². The van der Waals surface area contributed by atoms with Crippen LogP contribution in [0.2, 0.25) is 0 Å². The van der Waals surface area contributed by atoms with E-state index < -0.39 is 0 Å². The summed E-state index contributed by atoms with van der Waals surface area (Å²) in [5.74, 6) is 1.17. The van der Waals surface area contributed by atoms with Crippen LogP contribution in [0.15, 0.2) is 42.7 Å². The second-order valence-corrected chi connectivity index (χ2v) is 6.04. The number of aryl methyl sites for hydroxylation is 1. The highest BCUT2D eigenvalue weighted by Crippen LogP contribution is 2.28. The van der Waals surface area contributed by atoms with Gasteiger partial charge in [0.2, 0.25) is 0 Å². The summed E-state index contributed by atoms with van der Waals surface area (Å²) in [5, 5.41) is 3.33. The molecule has 6 heteroatoms. The molecule has 1 atom stereocenters. The number of nitrogens with zero attached hydrogens (tertiary/aromatic N) is 2. The predicted octanol–water partition coefficient (Wildman–Crippen LogP) is 1.95. The number of aromatic nitrogens is 1. The van der Waals surface area contributed by atoms with Gasteiger partial charge in [-0.1, -0.05) is 12.1 Å². The monoisotopic (exact) mass is 341 g/mol. The number of benzene rings is 1. The van der Waals surface area contributed by atoms with Gasteiger partial charge in [-0.2, -0.15) is 0 Å². The van der Waals surface area contributed by atoms with E-state index in [1.165, 1.54) is 0 Å². The van der Waals surface area contributed by atoms with Crippen molar-refractivity contribution in [2.45, 2.75) is 13.0 Å². The Hall–Kier alpha value is -2.60. The van der Waals surface area contributed by atoms with E-state index in [4.69, 9.17) is 9.47 Å². The first-order valence-electron chi connectivity index (χ1n) is 8.36. The third kappa shape index (κ3) is 4.09. The summed E-state index contributed by atoms with van der Waals surface area (Å²) in [6.45, 7) is 4.10. The Morgan fingerprint density at radius 2 is 2.24 bits per heavy atom. The number of methoxy groups -OCH3 is 1. The molecule has 0 spiro atoms. The first-order valence-corrected chi connectivity index (χ1v) is 8.36. The second kappa shape index (κ2) is 7.98. The average molecular weight is 341 g/mol. The van der Waals surface area contributed by atoms with E-state index in [0.717, 1.165) is 17.7 Å². The van der Waals surface area contributed by atoms with Crippen LogP contribution in [0, 0.1) is 6.92 Å². The zero-order chi connectivity index (χ0) is 17.6. The van der Waals surface area contributed by atoms with Crippen LogP contribution < -0.4 is 14.8 Å². The highest BCUT2D eigenvalue weighted by atomic mass is 16.5. The third-order valence-corrected chi connectivity index (χ3v) is 4.30. The maximum Gasteiger partial charge on any atom is 0.261 e. The van der Waals surface area contributed by atoms with E-state index in [0.29, 0.717) is 24.6 Å². The molecule has 0 aliphatic carbocycles. The third-order valence-electron chi connectivity index (χ3n) is 4.30. The molecule has 2 heterocycles. The van der Waals surface area contributed by atoms with Crippen LogP contribution in [0.4, 0.5) is 0 Å². The maximum atomic E-state index is 12.7. The van der Waals surface area contributed by atoms with Gasteiger partial charge in [-0.05, 0) is 36.2 Å². The lowest BCUT2D eigenvalue weighted by molar-refractivity contribution is -0.136. The van der Waals surface area contributed by atoms with E-state index >= 15 is 0 Å². The van der Waals surface area contributed by atoms with Crippen molar-refractivity contribution in [3.05, 3.63) is 53.9 Å². The molecule has 25 heavy (non-hydrogen) atoms. The summed E-state index contributed by atoms with van der Waals surface area (Å²) in [4.78, 5) is 18.8. The van der Waals surface area contributed by atoms with Crippen LogP contribution in [0.3, 0.4) is 0 Å². The molecule has 1 N–H and O–H groups in total. The van der Waals surface area contributed by atoms with Gasteiger partial charge in [0.05, 0.1) is 13.2 Å². The van der Waals surface area contributed by atoms with Gasteiger partial charge in [0, 0.05) is 32.0 Å². The Balaban J connectivity index is 1.69. The Morgan fingerprint density at radius 3 is 3.00 bits per heavy atom. The van der Waals surface area contributed by atoms with E-state index in [-0.39, 0.29) is 18.6 Å². The number of amides is 1. The summed E-state index contributed by atoms with van der Waals surface area (Å²) in [6, 6.07) is 9.51. The van der Waals surface area contributed by atoms with Gasteiger partial charge < -0.3 is 19.7 Å². The molecule has 1 aliphatic heterocycles. The second-order valence-electron chi connectivity index (χ2n) is 6.04. The standard InChI is InChI=1S/C19H23N3O3/c1-14-5-6-17(18(10-14)24-2)25-13-19(23)22-9-8-21-12-16(22)15-4-3-7-20-11-15/h3-7,10-11,16,21H,8-9,12-13H2,1-2H3. The summed E-state index contributed by atoms with van der Waals surface area (Å²) in [5.41, 5.74) is 2.10. The fraction of sp³-hybridized carbons (Fsp3) is 0.368. The van der Waals surface area contributed by atoms with E-state index in [1.807, 2.05) is 48.4 Å². The maximum absolute atomic E-state index is 12.7. The molecule has 1 aliphatic rings. The lowest BCUT2D eigenvalue weighted by atomic mass is 10.1. The molecule has 1 fully saturated rings. The molecule has 0 bridgehead atoms. The smallest absolute Gasteiger partial charge is 0.261 e. The zero-order valence-corrected chi connectivity index (χ0v) is 14.6. The number of piperazine rings is 1. The molecular formula is C19H23N3O3. The summed E-state index contributed by atoms with van der Waals surface area (Å²) in [6.07, 6.45) is 3.54. The van der Waals surface area contributed by atoms with E-state index in [9.17, 15) is 4.79 Å². The van der Waals surface area contributed by atoms with Crippen molar-refractivity contribution in [2.24, 2.45) is 0 Å². The van der Waals surface area contributed by atoms with Crippen LogP contribution in [-0.2, 0) is 4.79 Å².